The summed E-state index contributed by atoms with van der Waals surface area (Å²) in [7, 11) is 0. The average Bonchev–Trinajstić information content (AvgIpc) is 1.37. The Morgan fingerprint density at radius 3 is 2.00 bits per heavy atom. The van der Waals surface area contributed by atoms with Crippen LogP contribution in [0.15, 0.2) is 0 Å². The van der Waals surface area contributed by atoms with Crippen LogP contribution < -0.4 is 0 Å². The quantitative estimate of drug-likeness (QED) is 0.423. The molecule has 0 bridgehead atoms. The van der Waals surface area contributed by atoms with Gasteiger partial charge in [-0.15, -0.1) is 0 Å². The van der Waals surface area contributed by atoms with Crippen molar-refractivity contribution < 1.29 is 24.7 Å². The number of nitriles is 1. The Bertz CT molecular complexity index is 41.4. The molecule has 30 valence electrons. The summed E-state index contributed by atoms with van der Waals surface area (Å²) < 4.78 is 3.79. The zero-order valence-electron chi connectivity index (χ0n) is 1.66. The monoisotopic (exact) mass is 281 g/mol. The van der Waals surface area contributed by atoms with Crippen LogP contribution in [0.3, 0.4) is 0 Å². The third-order valence-electron chi connectivity index (χ3n) is 0.0275. The van der Waals surface area contributed by atoms with Crippen LogP contribution in [0.5, 0.6) is 0 Å². The van der Waals surface area contributed by atoms with Gasteiger partial charge in [0.1, 0.15) is 0 Å². The third-order valence-corrected chi connectivity index (χ3v) is 0.225. The van der Waals surface area contributed by atoms with Gasteiger partial charge in [0.2, 0.25) is 0 Å². The number of hydrogen-bond acceptors (Lipinski definition) is 2. The van der Waals surface area contributed by atoms with E-state index >= 15 is 0 Å². The molecule has 0 N–H and O–H groups in total. The minimum atomic E-state index is 0. The molecule has 0 atom stereocenters. The van der Waals surface area contributed by atoms with Crippen LogP contribution in [0.4, 0.5) is 0 Å². The molecule has 0 saturated heterocycles. The van der Waals surface area contributed by atoms with Crippen LogP contribution in [0.2, 0.25) is 0 Å². The fourth-order valence-electron chi connectivity index (χ4n) is 0. The molecule has 0 spiro atoms. The van der Waals surface area contributed by atoms with Gasteiger partial charge in [-0.1, -0.05) is 0 Å². The molecule has 0 saturated carbocycles. The molecule has 0 aliphatic carbocycles. The van der Waals surface area contributed by atoms with E-state index in [4.69, 9.17) is 5.26 Å². The zero-order chi connectivity index (χ0) is 3.41. The molecular formula is CH2AuCaNO. The number of nitrogens with zero attached hydrogens (tertiary/aromatic N) is 1. The first-order valence-corrected chi connectivity index (χ1v) is 1.44. The molecule has 5 heavy (non-hydrogen) atoms. The number of hydrogen-bond donors (Lipinski definition) is 0. The molecule has 0 radical (unpaired) electrons. The fourth-order valence-corrected chi connectivity index (χ4v) is 0. The van der Waals surface area contributed by atoms with E-state index in [0.29, 0.717) is 0 Å². The van der Waals surface area contributed by atoms with E-state index in [0.717, 1.165) is 0 Å². The molecule has 0 amide bonds. The van der Waals surface area contributed by atoms with Gasteiger partial charge in [0.05, 0.1) is 0 Å². The van der Waals surface area contributed by atoms with Gasteiger partial charge in [-0.25, -0.2) is 0 Å². The van der Waals surface area contributed by atoms with Gasteiger partial charge >= 0.3 is 74.0 Å². The van der Waals surface area contributed by atoms with Crippen molar-refractivity contribution in [1.82, 2.24) is 0 Å². The van der Waals surface area contributed by atoms with E-state index in [1.807, 2.05) is 0 Å². The van der Waals surface area contributed by atoms with Crippen molar-refractivity contribution in [2.24, 2.45) is 0 Å². The van der Waals surface area contributed by atoms with E-state index in [-0.39, 0.29) is 37.7 Å². The molecule has 0 aliphatic rings. The standard InChI is InChI=1S/CHNO.Au.Ca.2H/c2-1-3;;;;/h3H;;;;/q;+1;;;/p-1. The Balaban J connectivity index is 0. The van der Waals surface area contributed by atoms with Gasteiger partial charge in [-0.05, 0) is 0 Å². The Morgan fingerprint density at radius 2 is 2.00 bits per heavy atom. The summed E-state index contributed by atoms with van der Waals surface area (Å²) in [6, 6.07) is 0. The molecule has 0 aliphatic heterocycles. The second-order valence-corrected chi connectivity index (χ2v) is 0.595. The Hall–Kier alpha value is 1.29. The van der Waals surface area contributed by atoms with Crippen molar-refractivity contribution in [3.63, 3.8) is 0 Å². The summed E-state index contributed by atoms with van der Waals surface area (Å²) in [5.74, 6) is 0. The van der Waals surface area contributed by atoms with Crippen molar-refractivity contribution in [2.75, 3.05) is 0 Å². The van der Waals surface area contributed by atoms with Crippen LogP contribution >= 0.6 is 0 Å². The predicted octanol–water partition coefficient (Wildman–Crippen LogP) is -0.970. The molecule has 0 aromatic heterocycles. The molecule has 2 nitrogen and oxygen atoms in total. The van der Waals surface area contributed by atoms with Gasteiger partial charge in [0, 0.05) is 0 Å². The van der Waals surface area contributed by atoms with E-state index < -0.39 is 0 Å². The van der Waals surface area contributed by atoms with Crippen molar-refractivity contribution in [1.29, 1.82) is 5.26 Å². The van der Waals surface area contributed by atoms with Gasteiger partial charge < -0.3 is 0 Å². The molecule has 0 rings (SSSR count). The Kier molecular flexibility index (Phi) is 17.2. The topological polar surface area (TPSA) is 33.0 Å². The van der Waals surface area contributed by atoms with Crippen LogP contribution in [-0.2, 0) is 24.7 Å². The average molecular weight is 281 g/mol. The molecule has 4 heteroatoms. The van der Waals surface area contributed by atoms with Gasteiger partial charge in [-0.2, -0.15) is 0 Å². The Labute approximate surface area is 72.9 Å². The van der Waals surface area contributed by atoms with E-state index in [2.05, 4.69) is 3.24 Å². The van der Waals surface area contributed by atoms with Gasteiger partial charge in [0.15, 0.2) is 0 Å². The summed E-state index contributed by atoms with van der Waals surface area (Å²) >= 11 is 1.64. The maximum atomic E-state index is 7.39. The molecule has 0 aromatic rings. The fraction of sp³-hybridized carbons (Fsp3) is 0. The van der Waals surface area contributed by atoms with E-state index in [1.165, 1.54) is 6.26 Å². The SMILES string of the molecule is N#C[O][Au].[CaH2]. The third kappa shape index (κ3) is 10.9. The van der Waals surface area contributed by atoms with Crippen LogP contribution in [0.25, 0.3) is 0 Å². The summed E-state index contributed by atoms with van der Waals surface area (Å²) in [4.78, 5) is 0. The molecule has 0 fully saturated rings. The number of rotatable bonds is 0. The molecule has 0 unspecified atom stereocenters. The van der Waals surface area contributed by atoms with Crippen molar-refractivity contribution in [3.8, 4) is 6.26 Å². The van der Waals surface area contributed by atoms with Crippen molar-refractivity contribution in [2.45, 2.75) is 0 Å². The van der Waals surface area contributed by atoms with Crippen molar-refractivity contribution >= 4 is 37.7 Å². The zero-order valence-corrected chi connectivity index (χ0v) is 3.82. The Morgan fingerprint density at radius 1 is 1.80 bits per heavy atom. The van der Waals surface area contributed by atoms with E-state index in [9.17, 15) is 0 Å². The molecule has 0 heterocycles. The summed E-state index contributed by atoms with van der Waals surface area (Å²) in [5, 5.41) is 7.39. The van der Waals surface area contributed by atoms with Crippen molar-refractivity contribution in [3.05, 3.63) is 0 Å². The first-order valence-electron chi connectivity index (χ1n) is 0.551. The maximum absolute atomic E-state index is 7.39. The molecular weight excluding hydrogens is 279 g/mol. The normalized spacial score (nSPS) is 3.40. The second-order valence-electron chi connectivity index (χ2n) is 0.153. The van der Waals surface area contributed by atoms with Crippen LogP contribution in [0.1, 0.15) is 0 Å². The van der Waals surface area contributed by atoms with Gasteiger partial charge in [0.25, 0.3) is 0 Å². The minimum absolute atomic E-state index is 0. The summed E-state index contributed by atoms with van der Waals surface area (Å²) in [6.45, 7) is 0. The first-order chi connectivity index (χ1) is 1.91. The predicted molar refractivity (Wildman–Crippen MR) is 15.2 cm³/mol. The second kappa shape index (κ2) is 8.99. The first kappa shape index (κ1) is 9.56. The summed E-state index contributed by atoms with van der Waals surface area (Å²) in [6.07, 6.45) is 1.41. The molecule has 0 aromatic carbocycles. The van der Waals surface area contributed by atoms with Gasteiger partial charge in [-0.3, -0.25) is 0 Å². The van der Waals surface area contributed by atoms with Crippen LogP contribution in [-0.4, -0.2) is 37.7 Å². The van der Waals surface area contributed by atoms with E-state index in [1.54, 1.807) is 21.5 Å². The summed E-state index contributed by atoms with van der Waals surface area (Å²) in [5.41, 5.74) is 0. The van der Waals surface area contributed by atoms with Crippen LogP contribution in [0, 0.1) is 11.5 Å².